The van der Waals surface area contributed by atoms with Gasteiger partial charge < -0.3 is 20.1 Å². The minimum absolute atomic E-state index is 0.501. The van der Waals surface area contributed by atoms with Crippen LogP contribution in [0.15, 0.2) is 15.8 Å². The molecule has 108 valence electrons. The molecule has 4 atom stereocenters. The van der Waals surface area contributed by atoms with E-state index in [1.807, 2.05) is 5.92 Å². The number of terminal acetylenes is 1. The number of ether oxygens (including phenoxy) is 1. The first-order valence-electron chi connectivity index (χ1n) is 5.50. The average Bonchev–Trinajstić information content (AvgIpc) is 2.67. The second kappa shape index (κ2) is 4.84. The van der Waals surface area contributed by atoms with E-state index in [-0.39, 0.29) is 0 Å². The fourth-order valence-electron chi connectivity index (χ4n) is 1.99. The first-order chi connectivity index (χ1) is 9.35. The molecule has 9 heteroatoms. The van der Waals surface area contributed by atoms with E-state index in [2.05, 4.69) is 0 Å². The lowest BCUT2D eigenvalue weighted by Crippen LogP contribution is -2.48. The number of aromatic amines is 1. The predicted octanol–water partition coefficient (Wildman–Crippen LogP) is -2.71. The molecular formula is C11H11FN2O6. The van der Waals surface area contributed by atoms with Gasteiger partial charge in [-0.3, -0.25) is 14.3 Å². The van der Waals surface area contributed by atoms with Crippen molar-refractivity contribution in [1.29, 1.82) is 0 Å². The zero-order valence-electron chi connectivity index (χ0n) is 9.99. The fraction of sp³-hybridized carbons (Fsp3) is 0.455. The van der Waals surface area contributed by atoms with Crippen molar-refractivity contribution in [3.8, 4) is 12.3 Å². The third kappa shape index (κ3) is 1.95. The van der Waals surface area contributed by atoms with Crippen LogP contribution in [0.2, 0.25) is 0 Å². The monoisotopic (exact) mass is 286 g/mol. The van der Waals surface area contributed by atoms with Crippen molar-refractivity contribution in [3.63, 3.8) is 0 Å². The molecule has 1 aromatic rings. The van der Waals surface area contributed by atoms with Crippen LogP contribution in [0.25, 0.3) is 0 Å². The highest BCUT2D eigenvalue weighted by atomic mass is 19.1. The summed E-state index contributed by atoms with van der Waals surface area (Å²) in [6.07, 6.45) is 1.01. The maximum absolute atomic E-state index is 13.2. The summed E-state index contributed by atoms with van der Waals surface area (Å²) in [5, 5.41) is 29.0. The number of aliphatic hydroxyl groups is 3. The molecule has 4 N–H and O–H groups in total. The van der Waals surface area contributed by atoms with Gasteiger partial charge in [0.2, 0.25) is 5.82 Å². The number of hydrogen-bond donors (Lipinski definition) is 4. The highest BCUT2D eigenvalue weighted by Crippen LogP contribution is 2.37. The van der Waals surface area contributed by atoms with Crippen LogP contribution < -0.4 is 11.2 Å². The van der Waals surface area contributed by atoms with Gasteiger partial charge in [0, 0.05) is 0 Å². The third-order valence-electron chi connectivity index (χ3n) is 3.07. The molecule has 1 aromatic heterocycles. The summed E-state index contributed by atoms with van der Waals surface area (Å²) in [5.41, 5.74) is -4.68. The molecule has 0 amide bonds. The molecular weight excluding hydrogens is 275 g/mol. The van der Waals surface area contributed by atoms with Crippen LogP contribution >= 0.6 is 0 Å². The van der Waals surface area contributed by atoms with Gasteiger partial charge in [0.15, 0.2) is 11.8 Å². The van der Waals surface area contributed by atoms with Gasteiger partial charge in [-0.25, -0.2) is 4.79 Å². The van der Waals surface area contributed by atoms with E-state index in [0.29, 0.717) is 10.8 Å². The van der Waals surface area contributed by atoms with Crippen LogP contribution in [-0.2, 0) is 4.74 Å². The summed E-state index contributed by atoms with van der Waals surface area (Å²) in [7, 11) is 0. The molecule has 20 heavy (non-hydrogen) atoms. The lowest BCUT2D eigenvalue weighted by molar-refractivity contribution is -0.0769. The molecule has 0 aliphatic carbocycles. The largest absolute Gasteiger partial charge is 0.394 e. The van der Waals surface area contributed by atoms with E-state index in [0.717, 1.165) is 0 Å². The quantitative estimate of drug-likeness (QED) is 0.438. The van der Waals surface area contributed by atoms with Gasteiger partial charge in [-0.1, -0.05) is 5.92 Å². The maximum Gasteiger partial charge on any atom is 0.330 e. The van der Waals surface area contributed by atoms with Crippen molar-refractivity contribution < 1.29 is 24.4 Å². The normalized spacial score (nSPS) is 33.0. The summed E-state index contributed by atoms with van der Waals surface area (Å²) < 4.78 is 18.8. The van der Waals surface area contributed by atoms with Crippen molar-refractivity contribution in [1.82, 2.24) is 9.55 Å². The van der Waals surface area contributed by atoms with E-state index in [1.54, 1.807) is 4.98 Å². The SMILES string of the molecule is C#CC1(O)[C@@H](O)[C@@H](CO)O[C@H]1n1cc(F)c(=O)[nH]c1=O. The summed E-state index contributed by atoms with van der Waals surface area (Å²) >= 11 is 0. The zero-order chi connectivity index (χ0) is 15.1. The van der Waals surface area contributed by atoms with Crippen LogP contribution in [-0.4, -0.2) is 49.3 Å². The summed E-state index contributed by atoms with van der Waals surface area (Å²) in [6, 6.07) is 0. The molecule has 0 saturated carbocycles. The Balaban J connectivity index is 2.58. The van der Waals surface area contributed by atoms with Gasteiger partial charge in [0.05, 0.1) is 12.8 Å². The third-order valence-corrected chi connectivity index (χ3v) is 3.07. The Hall–Kier alpha value is -1.99. The topological polar surface area (TPSA) is 125 Å². The number of nitrogens with one attached hydrogen (secondary N) is 1. The van der Waals surface area contributed by atoms with Gasteiger partial charge in [0.25, 0.3) is 5.56 Å². The van der Waals surface area contributed by atoms with Crippen molar-refractivity contribution in [2.24, 2.45) is 0 Å². The van der Waals surface area contributed by atoms with Gasteiger partial charge in [-0.2, -0.15) is 4.39 Å². The number of nitrogens with zero attached hydrogens (tertiary/aromatic N) is 1. The average molecular weight is 286 g/mol. The fourth-order valence-corrected chi connectivity index (χ4v) is 1.99. The van der Waals surface area contributed by atoms with E-state index in [9.17, 15) is 24.2 Å². The first-order valence-corrected chi connectivity index (χ1v) is 5.50. The molecule has 1 saturated heterocycles. The predicted molar refractivity (Wildman–Crippen MR) is 62.1 cm³/mol. The number of hydrogen-bond acceptors (Lipinski definition) is 6. The van der Waals surface area contributed by atoms with Crippen molar-refractivity contribution in [2.75, 3.05) is 6.61 Å². The number of rotatable bonds is 2. The smallest absolute Gasteiger partial charge is 0.330 e. The molecule has 8 nitrogen and oxygen atoms in total. The highest BCUT2D eigenvalue weighted by molar-refractivity contribution is 5.19. The molecule has 0 spiro atoms. The van der Waals surface area contributed by atoms with Crippen molar-refractivity contribution in [2.45, 2.75) is 24.0 Å². The molecule has 0 bridgehead atoms. The molecule has 2 heterocycles. The Kier molecular flexibility index (Phi) is 3.49. The molecule has 1 fully saturated rings. The van der Waals surface area contributed by atoms with E-state index in [1.165, 1.54) is 0 Å². The maximum atomic E-state index is 13.2. The summed E-state index contributed by atoms with van der Waals surface area (Å²) in [5.74, 6) is 0.563. The Morgan fingerprint density at radius 2 is 2.25 bits per heavy atom. The Bertz CT molecular complexity index is 677. The van der Waals surface area contributed by atoms with Gasteiger partial charge in [-0.05, 0) is 0 Å². The van der Waals surface area contributed by atoms with Gasteiger partial charge in [-0.15, -0.1) is 6.42 Å². The van der Waals surface area contributed by atoms with Crippen LogP contribution in [0.3, 0.4) is 0 Å². The standard InChI is InChI=1S/C11H11FN2O6/c1-2-11(19)7(16)6(4-15)20-9(11)14-3-5(12)8(17)13-10(14)18/h1,3,6-7,9,15-16,19H,4H2,(H,13,17,18)/t6-,7+,9-,11?/m1/s1. The molecule has 1 aliphatic heterocycles. The van der Waals surface area contributed by atoms with E-state index < -0.39 is 47.7 Å². The first kappa shape index (κ1) is 14.4. The van der Waals surface area contributed by atoms with E-state index in [4.69, 9.17) is 16.3 Å². The van der Waals surface area contributed by atoms with Crippen LogP contribution in [0.5, 0.6) is 0 Å². The number of aliphatic hydroxyl groups excluding tert-OH is 2. The zero-order valence-corrected chi connectivity index (χ0v) is 9.99. The van der Waals surface area contributed by atoms with Crippen molar-refractivity contribution in [3.05, 3.63) is 32.9 Å². The minimum atomic E-state index is -2.36. The van der Waals surface area contributed by atoms with Crippen molar-refractivity contribution >= 4 is 0 Å². The molecule has 1 unspecified atom stereocenters. The molecule has 1 aliphatic rings. The number of halogens is 1. The second-order valence-electron chi connectivity index (χ2n) is 4.27. The Labute approximate surface area is 111 Å². The second-order valence-corrected chi connectivity index (χ2v) is 4.27. The van der Waals surface area contributed by atoms with Gasteiger partial charge in [0.1, 0.15) is 12.2 Å². The molecule has 2 rings (SSSR count). The summed E-state index contributed by atoms with van der Waals surface area (Å²) in [6.45, 7) is -0.678. The summed E-state index contributed by atoms with van der Waals surface area (Å²) in [4.78, 5) is 24.2. The molecule has 0 aromatic carbocycles. The lowest BCUT2D eigenvalue weighted by Gasteiger charge is -2.26. The highest BCUT2D eigenvalue weighted by Gasteiger charge is 2.55. The Morgan fingerprint density at radius 3 is 2.80 bits per heavy atom. The number of aromatic nitrogens is 2. The van der Waals surface area contributed by atoms with Crippen LogP contribution in [0.4, 0.5) is 4.39 Å². The lowest BCUT2D eigenvalue weighted by atomic mass is 9.95. The number of H-pyrrole nitrogens is 1. The Morgan fingerprint density at radius 1 is 1.60 bits per heavy atom. The molecule has 0 radical (unpaired) electrons. The van der Waals surface area contributed by atoms with Gasteiger partial charge >= 0.3 is 5.69 Å². The minimum Gasteiger partial charge on any atom is -0.394 e. The van der Waals surface area contributed by atoms with Crippen LogP contribution in [0, 0.1) is 18.2 Å². The van der Waals surface area contributed by atoms with Crippen LogP contribution in [0.1, 0.15) is 6.23 Å². The van der Waals surface area contributed by atoms with E-state index >= 15 is 0 Å².